The Bertz CT molecular complexity index is 5820. The highest BCUT2D eigenvalue weighted by molar-refractivity contribution is 8.06. The molecule has 13 rings (SSSR count). The molecule has 31 heteroatoms. The number of anilines is 2. The van der Waals surface area contributed by atoms with Crippen molar-refractivity contribution in [2.75, 3.05) is 68.6 Å². The standard InChI is InChI=1S/C43H44ClN2O4P.C23H23ClOP.C23H23O2P.C20H20ClF3N2O3.2C2H6.2CH3ClOP2/c1-43(2,42(49)45-39-28-25-33(31-38(39)44)30-32-23-26-34(27-24-32)41(48)46(3)4)50-40(47)22-14-15-29-51(35-16-8-5-9-17-35,36-18-10-6-11-19-36)37-20-12-7-13-21-37;2*24-23(25)18-10-11-19-26(20-12-4-1-5-13-20,21-14-6-2-7-15-21)22-16-8-3-9-17-22;1-19(29,20(22,23)24)18(28)25-16-9-6-13(11-15(16)21)10-12-4-7-14(8-5-12)17(27)26(2)3;2*1-2;2*2-1-4-5-3/h5-13,16-21,23-28,31H,14-15,22,29-30H2,1-4H3;2*1-9,12-17H,10-11,18-19H2;4-9,11,29H,10H2,1-3H3,(H,25,28);2*1-2H3;2*4H,1H2/q;+1;;;;;;/p+2/t;;;19-;;;;/m...1..../s1/i;;;;2*1D;2*4T. The predicted octanol–water partition coefficient (Wildman–Crippen LogP) is 27.3. The number of aliphatic carboxylic acids is 1. The first-order valence-corrected chi connectivity index (χ1v) is 60.3. The van der Waals surface area contributed by atoms with E-state index < -0.39 is 79.3 Å². The number of ether oxygens (including phenoxy) is 1. The Kier molecular flexibility index (Phi) is 53.0. The summed E-state index contributed by atoms with van der Waals surface area (Å²) in [7, 11) is -1.33. The minimum Gasteiger partial charge on any atom is -0.481 e. The second-order valence-corrected chi connectivity index (χ2v) is 51.2. The Hall–Kier alpha value is -10.1. The maximum absolute atomic E-state index is 13.3. The van der Waals surface area contributed by atoms with Gasteiger partial charge in [0.05, 0.1) is 53.7 Å². The molecule has 0 aliphatic heterocycles. The molecule has 13 aromatic carbocycles. The van der Waals surface area contributed by atoms with E-state index in [2.05, 4.69) is 260 Å². The smallest absolute Gasteiger partial charge is 0.426 e. The number of rotatable bonds is 39. The first-order valence-electron chi connectivity index (χ1n) is 49.3. The number of carbonyl (C=O) groups excluding carboxylic acids is 6. The van der Waals surface area contributed by atoms with Crippen LogP contribution >= 0.6 is 113 Å². The van der Waals surface area contributed by atoms with Crippen LogP contribution in [0, 0.1) is 0 Å². The van der Waals surface area contributed by atoms with E-state index in [-0.39, 0.29) is 68.1 Å². The van der Waals surface area contributed by atoms with Crippen LogP contribution < -0.4 is 58.4 Å². The molecule has 0 heterocycles. The number of nitrogens with zero attached hydrogens (tertiary/aromatic N) is 2. The van der Waals surface area contributed by atoms with Gasteiger partial charge in [-0.1, -0.05) is 251 Å². The number of carbonyl (C=O) groups is 7. The molecule has 4 N–H and O–H groups in total. The van der Waals surface area contributed by atoms with Crippen molar-refractivity contribution in [1.29, 1.82) is 2.56 Å². The average Bonchev–Trinajstić information content (AvgIpc) is 0.762. The Morgan fingerprint density at radius 2 is 0.651 bits per heavy atom. The molecule has 13 aromatic rings. The molecule has 0 radical (unpaired) electrons. The first-order chi connectivity index (χ1) is 71.7. The lowest BCUT2D eigenvalue weighted by Gasteiger charge is -2.28. The van der Waals surface area contributed by atoms with Gasteiger partial charge in [-0.3, -0.25) is 42.7 Å². The van der Waals surface area contributed by atoms with Crippen LogP contribution in [0.5, 0.6) is 0 Å². The zero-order valence-electron chi connectivity index (χ0n) is 87.3. The van der Waals surface area contributed by atoms with E-state index in [1.165, 1.54) is 64.8 Å². The van der Waals surface area contributed by atoms with E-state index >= 15 is 0 Å². The minimum atomic E-state index is -5.12. The largest absolute Gasteiger partial charge is 0.481 e. The van der Waals surface area contributed by atoms with Crippen molar-refractivity contribution in [2.45, 2.75) is 136 Å². The molecule has 4 amide bonds. The number of esters is 1. The molecule has 0 aromatic heterocycles. The number of hydrogen-bond acceptors (Lipinski definition) is 11. The number of hydrogen-bond donors (Lipinski definition) is 4. The van der Waals surface area contributed by atoms with Gasteiger partial charge in [-0.25, -0.2) is 0 Å². The number of carboxylic acid groups (broad SMARTS) is 1. The van der Waals surface area contributed by atoms with Crippen molar-refractivity contribution >= 4 is 212 Å². The van der Waals surface area contributed by atoms with Crippen molar-refractivity contribution in [3.8, 4) is 0 Å². The highest BCUT2D eigenvalue weighted by Gasteiger charge is 2.56. The van der Waals surface area contributed by atoms with Crippen LogP contribution in [0.1, 0.15) is 152 Å². The quantitative estimate of drug-likeness (QED) is 0.00926. The van der Waals surface area contributed by atoms with E-state index in [9.17, 15) is 61.0 Å². The number of aliphatic hydroxyl groups is 1. The summed E-state index contributed by atoms with van der Waals surface area (Å²) in [5.41, 5.74) is 0.665. The molecule has 770 valence electrons. The summed E-state index contributed by atoms with van der Waals surface area (Å²) in [5, 5.41) is 35.5. The van der Waals surface area contributed by atoms with Crippen LogP contribution in [-0.4, -0.2) is 139 Å². The van der Waals surface area contributed by atoms with Gasteiger partial charge in [0.25, 0.3) is 23.6 Å². The van der Waals surface area contributed by atoms with Gasteiger partial charge >= 0.3 is 18.1 Å². The third-order valence-electron chi connectivity index (χ3n) is 22.9. The fraction of sp³-hybridized carbons (Fsp3) is 0.261. The van der Waals surface area contributed by atoms with E-state index in [0.717, 1.165) is 66.4 Å². The minimum absolute atomic E-state index is 0.0354. The maximum atomic E-state index is 13.3. The second kappa shape index (κ2) is 65.7. The van der Waals surface area contributed by atoms with Gasteiger partial charge in [-0.2, -0.15) is 13.2 Å². The average molecular weight is 2220 g/mol. The number of halogens is 8. The first kappa shape index (κ1) is 118. The van der Waals surface area contributed by atoms with Crippen molar-refractivity contribution in [3.05, 3.63) is 401 Å². The Balaban J connectivity index is 0.000000299. The number of alkyl halides is 5. The number of unbranched alkanes of at least 4 members (excludes halogenated alkanes) is 3. The molecule has 0 saturated heterocycles. The molecule has 0 spiro atoms. The van der Waals surface area contributed by atoms with Crippen LogP contribution in [0.4, 0.5) is 24.5 Å². The van der Waals surface area contributed by atoms with Crippen molar-refractivity contribution < 1.29 is 73.6 Å². The SMILES string of the molecule is CN(C)C(=O)c1ccc(Cc2ccc(NC(=O)C(C)(C)OC(=O)CCCC[P+](c3ccccc3)(c3ccccc3)c3ccccc3)c(Cl)c2)cc1.CN(C)C(=O)c1ccc(Cc2ccc(NC(=O)[C@@](C)(O)C(F)(F)F)c(Cl)c2)cc1.O=C(Cl)CCCC[P+](c1ccccc1)(c1ccccc1)c1ccccc1.O=C(O)CCCC[P+](c1ccccc1)(c1ccccc1)c1ccccc1.[2H]CC.[2H]CC.[3H]P(CCl)P=O.[3H]P(CCl)P=O. The molecule has 0 fully saturated rings. The van der Waals surface area contributed by atoms with Crippen LogP contribution in [0.3, 0.4) is 0 Å². The molecule has 3 atom stereocenters. The van der Waals surface area contributed by atoms with Crippen molar-refractivity contribution in [3.63, 3.8) is 0 Å². The number of amides is 4. The molecule has 2 unspecified atom stereocenters. The Morgan fingerprint density at radius 1 is 0.404 bits per heavy atom. The zero-order valence-corrected chi connectivity index (χ0v) is 93.4. The van der Waals surface area contributed by atoms with E-state index in [0.29, 0.717) is 74.7 Å². The summed E-state index contributed by atoms with van der Waals surface area (Å²) in [5.74, 6) is -3.39. The molecule has 0 aliphatic rings. The predicted molar refractivity (Wildman–Crippen MR) is 618 cm³/mol. The third-order valence-corrected chi connectivity index (χ3v) is 41.0. The molecule has 0 bridgehead atoms. The monoisotopic (exact) mass is 2210 g/mol. The maximum Gasteiger partial charge on any atom is 0.426 e. The number of nitrogens with one attached hydrogen (secondary N) is 2. The van der Waals surface area contributed by atoms with Crippen molar-refractivity contribution in [2.24, 2.45) is 0 Å². The fourth-order valence-electron chi connectivity index (χ4n) is 15.6. The number of benzene rings is 13. The van der Waals surface area contributed by atoms with Gasteiger partial charge in [0.15, 0.2) is 21.9 Å². The Labute approximate surface area is 898 Å². The van der Waals surface area contributed by atoms with Crippen molar-refractivity contribution in [1.82, 2.24) is 9.80 Å². The normalized spacial score (nSPS) is 12.2. The highest BCUT2D eigenvalue weighted by atomic mass is 35.5. The van der Waals surface area contributed by atoms with Crippen LogP contribution in [-0.2, 0) is 50.7 Å². The highest BCUT2D eigenvalue weighted by Crippen LogP contribution is 2.59. The Morgan fingerprint density at radius 3 is 0.870 bits per heavy atom. The molecule has 146 heavy (non-hydrogen) atoms. The summed E-state index contributed by atoms with van der Waals surface area (Å²) in [6.07, 6.45) is 4.62. The lowest BCUT2D eigenvalue weighted by atomic mass is 10.0. The zero-order chi connectivity index (χ0) is 110. The third kappa shape index (κ3) is 38.5. The van der Waals surface area contributed by atoms with Gasteiger partial charge in [-0.05, 0) is 280 Å². The van der Waals surface area contributed by atoms with Gasteiger partial charge in [0.2, 0.25) is 10.8 Å². The lowest BCUT2D eigenvalue weighted by molar-refractivity contribution is -0.242. The molecule has 16 nitrogen and oxygen atoms in total. The summed E-state index contributed by atoms with van der Waals surface area (Å²) < 4.78 is 88.9. The molecule has 0 saturated carbocycles. The van der Waals surface area contributed by atoms with Gasteiger partial charge in [0.1, 0.15) is 69.5 Å². The molecular formula is C115H130Cl5F3N4O12P7+3. The molecule has 0 aliphatic carbocycles. The van der Waals surface area contributed by atoms with Gasteiger partial charge in [0, 0.05) is 61.3 Å². The number of carboxylic acids is 1. The topological polar surface area (TPSA) is 234 Å². The van der Waals surface area contributed by atoms with Gasteiger partial charge < -0.3 is 35.4 Å². The fourth-order valence-corrected chi connectivity index (χ4v) is 30.6. The second-order valence-electron chi connectivity index (χ2n) is 33.7. The molecular weight excluding hydrogens is 2080 g/mol. The summed E-state index contributed by atoms with van der Waals surface area (Å²) in [4.78, 5) is 87.3. The van der Waals surface area contributed by atoms with E-state index in [1.807, 2.05) is 53.8 Å². The lowest BCUT2D eigenvalue weighted by Crippen LogP contribution is -2.52. The summed E-state index contributed by atoms with van der Waals surface area (Å²) >= 11 is 28.4. The van der Waals surface area contributed by atoms with Gasteiger partial charge in [-0.15, -0.1) is 23.2 Å². The van der Waals surface area contributed by atoms with Crippen LogP contribution in [0.2, 0.25) is 10.0 Å². The summed E-state index contributed by atoms with van der Waals surface area (Å²) in [6, 6.07) is 121. The van der Waals surface area contributed by atoms with Crippen LogP contribution in [0.25, 0.3) is 0 Å². The van der Waals surface area contributed by atoms with E-state index in [1.54, 1.807) is 103 Å². The van der Waals surface area contributed by atoms with Crippen LogP contribution in [0.15, 0.2) is 358 Å². The summed E-state index contributed by atoms with van der Waals surface area (Å²) in [6.45, 7) is 8.13. The van der Waals surface area contributed by atoms with E-state index in [4.69, 9.17) is 73.1 Å².